The highest BCUT2D eigenvalue weighted by atomic mass is 16.5. The summed E-state index contributed by atoms with van der Waals surface area (Å²) in [5.41, 5.74) is 2.12. The lowest BCUT2D eigenvalue weighted by Gasteiger charge is -2.23. The first-order valence-corrected chi connectivity index (χ1v) is 5.51. The summed E-state index contributed by atoms with van der Waals surface area (Å²) in [4.78, 5) is 2.12. The number of rotatable bonds is 4. The zero-order valence-corrected chi connectivity index (χ0v) is 10.8. The van der Waals surface area contributed by atoms with Crippen molar-refractivity contribution < 1.29 is 4.74 Å². The Morgan fingerprint density at radius 3 is 2.65 bits per heavy atom. The summed E-state index contributed by atoms with van der Waals surface area (Å²) in [6.07, 6.45) is 3.28. The third-order valence-electron chi connectivity index (χ3n) is 2.87. The molecule has 0 bridgehead atoms. The number of allylic oxidation sites excluding steroid dienone is 1. The number of hydrogen-bond donors (Lipinski definition) is 0. The summed E-state index contributed by atoms with van der Waals surface area (Å²) in [6.45, 7) is 2.12. The molecule has 1 aromatic rings. The summed E-state index contributed by atoms with van der Waals surface area (Å²) in [5, 5.41) is 8.64. The molecular weight excluding hydrogens is 212 g/mol. The molecule has 0 N–H and O–H groups in total. The second-order valence-corrected chi connectivity index (χ2v) is 4.07. The zero-order valence-electron chi connectivity index (χ0n) is 10.8. The molecular formula is C14H18N2O. The van der Waals surface area contributed by atoms with E-state index in [1.54, 1.807) is 13.2 Å². The molecule has 0 saturated heterocycles. The van der Waals surface area contributed by atoms with Crippen molar-refractivity contribution in [2.75, 3.05) is 21.2 Å². The highest BCUT2D eigenvalue weighted by molar-refractivity contribution is 5.63. The molecule has 1 atom stereocenters. The van der Waals surface area contributed by atoms with Gasteiger partial charge in [-0.1, -0.05) is 12.1 Å². The van der Waals surface area contributed by atoms with Gasteiger partial charge in [-0.3, -0.25) is 0 Å². The average molecular weight is 230 g/mol. The van der Waals surface area contributed by atoms with Gasteiger partial charge in [-0.25, -0.2) is 0 Å². The normalized spacial score (nSPS) is 12.7. The predicted octanol–water partition coefficient (Wildman–Crippen LogP) is 2.85. The molecule has 17 heavy (non-hydrogen) atoms. The van der Waals surface area contributed by atoms with Crippen LogP contribution in [0.3, 0.4) is 0 Å². The molecule has 0 aliphatic heterocycles. The first-order valence-electron chi connectivity index (χ1n) is 5.51. The van der Waals surface area contributed by atoms with E-state index in [1.165, 1.54) is 6.08 Å². The van der Waals surface area contributed by atoms with Crippen molar-refractivity contribution >= 4 is 6.08 Å². The third-order valence-corrected chi connectivity index (χ3v) is 2.87. The molecule has 0 aromatic heterocycles. The van der Waals surface area contributed by atoms with Crippen LogP contribution in [-0.4, -0.2) is 26.1 Å². The van der Waals surface area contributed by atoms with Crippen molar-refractivity contribution in [2.45, 2.75) is 13.0 Å². The van der Waals surface area contributed by atoms with Gasteiger partial charge < -0.3 is 9.64 Å². The van der Waals surface area contributed by atoms with E-state index in [1.807, 2.05) is 32.3 Å². The summed E-state index contributed by atoms with van der Waals surface area (Å²) in [6, 6.07) is 8.22. The summed E-state index contributed by atoms with van der Waals surface area (Å²) >= 11 is 0. The van der Waals surface area contributed by atoms with E-state index < -0.39 is 0 Å². The molecule has 0 aliphatic rings. The van der Waals surface area contributed by atoms with Gasteiger partial charge in [0.1, 0.15) is 5.75 Å². The van der Waals surface area contributed by atoms with E-state index in [9.17, 15) is 0 Å². The van der Waals surface area contributed by atoms with Crippen molar-refractivity contribution in [1.29, 1.82) is 5.26 Å². The number of nitrogens with zero attached hydrogens (tertiary/aromatic N) is 2. The standard InChI is InChI=1S/C14H18N2O/c1-11(16(2)3)12-7-5-9-14(17-4)13(12)8-6-10-15/h5-9,11H,1-4H3/b8-6+. The van der Waals surface area contributed by atoms with E-state index in [2.05, 4.69) is 17.9 Å². The maximum Gasteiger partial charge on any atom is 0.126 e. The topological polar surface area (TPSA) is 36.3 Å². The second-order valence-electron chi connectivity index (χ2n) is 4.07. The molecule has 0 aliphatic carbocycles. The maximum absolute atomic E-state index is 8.64. The Morgan fingerprint density at radius 2 is 2.12 bits per heavy atom. The molecule has 0 spiro atoms. The highest BCUT2D eigenvalue weighted by Gasteiger charge is 2.14. The van der Waals surface area contributed by atoms with Crippen LogP contribution in [0.1, 0.15) is 24.1 Å². The van der Waals surface area contributed by atoms with Crippen LogP contribution in [-0.2, 0) is 0 Å². The number of hydrogen-bond acceptors (Lipinski definition) is 3. The summed E-state index contributed by atoms with van der Waals surface area (Å²) in [7, 11) is 5.70. The Hall–Kier alpha value is -1.79. The van der Waals surface area contributed by atoms with Gasteiger partial charge in [-0.05, 0) is 38.7 Å². The minimum Gasteiger partial charge on any atom is -0.496 e. The zero-order chi connectivity index (χ0) is 12.8. The van der Waals surface area contributed by atoms with Gasteiger partial charge in [-0.15, -0.1) is 0 Å². The molecule has 90 valence electrons. The van der Waals surface area contributed by atoms with Crippen molar-refractivity contribution in [1.82, 2.24) is 4.90 Å². The average Bonchev–Trinajstić information content (AvgIpc) is 2.34. The fraction of sp³-hybridized carbons (Fsp3) is 0.357. The first-order chi connectivity index (χ1) is 8.11. The molecule has 3 heteroatoms. The van der Waals surface area contributed by atoms with Gasteiger partial charge in [0.25, 0.3) is 0 Å². The van der Waals surface area contributed by atoms with Gasteiger partial charge in [0.05, 0.1) is 13.2 Å². The number of methoxy groups -OCH3 is 1. The molecule has 1 rings (SSSR count). The lowest BCUT2D eigenvalue weighted by atomic mass is 9.99. The van der Waals surface area contributed by atoms with Crippen molar-refractivity contribution in [2.24, 2.45) is 0 Å². The monoisotopic (exact) mass is 230 g/mol. The second kappa shape index (κ2) is 6.07. The van der Waals surface area contributed by atoms with Crippen LogP contribution in [0, 0.1) is 11.3 Å². The van der Waals surface area contributed by atoms with Gasteiger partial charge in [-0.2, -0.15) is 5.26 Å². The molecule has 1 unspecified atom stereocenters. The minimum atomic E-state index is 0.267. The SMILES string of the molecule is COc1cccc(C(C)N(C)C)c1/C=C/C#N. The Bertz CT molecular complexity index is 444. The summed E-state index contributed by atoms with van der Waals surface area (Å²) < 4.78 is 5.33. The van der Waals surface area contributed by atoms with Gasteiger partial charge in [0.2, 0.25) is 0 Å². The van der Waals surface area contributed by atoms with Crippen molar-refractivity contribution in [3.63, 3.8) is 0 Å². The molecule has 0 heterocycles. The van der Waals surface area contributed by atoms with Crippen LogP contribution >= 0.6 is 0 Å². The molecule has 0 radical (unpaired) electrons. The quantitative estimate of drug-likeness (QED) is 0.746. The van der Waals surface area contributed by atoms with Crippen LogP contribution in [0.15, 0.2) is 24.3 Å². The molecule has 1 aromatic carbocycles. The lowest BCUT2D eigenvalue weighted by Crippen LogP contribution is -2.17. The van der Waals surface area contributed by atoms with E-state index in [0.29, 0.717) is 0 Å². The fourth-order valence-corrected chi connectivity index (χ4v) is 1.68. The molecule has 0 fully saturated rings. The Labute approximate surface area is 103 Å². The predicted molar refractivity (Wildman–Crippen MR) is 69.7 cm³/mol. The number of ether oxygens (including phenoxy) is 1. The highest BCUT2D eigenvalue weighted by Crippen LogP contribution is 2.30. The van der Waals surface area contributed by atoms with Gasteiger partial charge >= 0.3 is 0 Å². The third kappa shape index (κ3) is 3.08. The number of benzene rings is 1. The van der Waals surface area contributed by atoms with Crippen LogP contribution < -0.4 is 4.74 Å². The van der Waals surface area contributed by atoms with E-state index in [4.69, 9.17) is 10.00 Å². The van der Waals surface area contributed by atoms with Crippen molar-refractivity contribution in [3.8, 4) is 11.8 Å². The lowest BCUT2D eigenvalue weighted by molar-refractivity contribution is 0.319. The van der Waals surface area contributed by atoms with Crippen LogP contribution in [0.25, 0.3) is 6.08 Å². The summed E-state index contributed by atoms with van der Waals surface area (Å²) in [5.74, 6) is 0.794. The van der Waals surface area contributed by atoms with E-state index >= 15 is 0 Å². The molecule has 0 saturated carbocycles. The molecule has 3 nitrogen and oxygen atoms in total. The largest absolute Gasteiger partial charge is 0.496 e. The van der Waals surface area contributed by atoms with Crippen LogP contribution in [0.4, 0.5) is 0 Å². The Kier molecular flexibility index (Phi) is 4.74. The number of nitriles is 1. The van der Waals surface area contributed by atoms with Gasteiger partial charge in [0.15, 0.2) is 0 Å². The van der Waals surface area contributed by atoms with Crippen molar-refractivity contribution in [3.05, 3.63) is 35.4 Å². The Morgan fingerprint density at radius 1 is 1.41 bits per heavy atom. The van der Waals surface area contributed by atoms with E-state index in [-0.39, 0.29) is 6.04 Å². The fourth-order valence-electron chi connectivity index (χ4n) is 1.68. The molecule has 0 amide bonds. The van der Waals surface area contributed by atoms with Crippen LogP contribution in [0.5, 0.6) is 5.75 Å². The van der Waals surface area contributed by atoms with E-state index in [0.717, 1.165) is 16.9 Å². The van der Waals surface area contributed by atoms with Gasteiger partial charge in [0, 0.05) is 17.7 Å². The minimum absolute atomic E-state index is 0.267. The maximum atomic E-state index is 8.64. The Balaban J connectivity index is 3.29. The van der Waals surface area contributed by atoms with Crippen LogP contribution in [0.2, 0.25) is 0 Å². The first kappa shape index (κ1) is 13.3. The smallest absolute Gasteiger partial charge is 0.126 e.